The van der Waals surface area contributed by atoms with E-state index in [1.807, 2.05) is 18.2 Å². The number of rotatable bonds is 4. The SMILES string of the molecule is CCNCC(C)c1ccc(Cl)c(Cl)c1. The molecule has 1 aromatic rings. The summed E-state index contributed by atoms with van der Waals surface area (Å²) in [6, 6.07) is 5.81. The molecule has 0 saturated heterocycles. The van der Waals surface area contributed by atoms with E-state index in [4.69, 9.17) is 23.2 Å². The quantitative estimate of drug-likeness (QED) is 0.834. The second kappa shape index (κ2) is 5.59. The Bertz CT molecular complexity index is 299. The zero-order chi connectivity index (χ0) is 10.6. The Hall–Kier alpha value is -0.240. The van der Waals surface area contributed by atoms with Crippen molar-refractivity contribution in [2.45, 2.75) is 19.8 Å². The second-order valence-electron chi connectivity index (χ2n) is 3.38. The summed E-state index contributed by atoms with van der Waals surface area (Å²) >= 11 is 11.8. The normalized spacial score (nSPS) is 12.9. The number of hydrogen-bond donors (Lipinski definition) is 1. The minimum atomic E-state index is 0.463. The van der Waals surface area contributed by atoms with Crippen molar-refractivity contribution in [1.82, 2.24) is 5.32 Å². The summed E-state index contributed by atoms with van der Waals surface area (Å²) in [5.74, 6) is 0.463. The van der Waals surface area contributed by atoms with Crippen LogP contribution in [0.25, 0.3) is 0 Å². The molecule has 0 amide bonds. The molecule has 1 unspecified atom stereocenters. The molecule has 0 radical (unpaired) electrons. The summed E-state index contributed by atoms with van der Waals surface area (Å²) in [5, 5.41) is 4.55. The Morgan fingerprint density at radius 2 is 2.00 bits per heavy atom. The number of nitrogens with one attached hydrogen (secondary N) is 1. The van der Waals surface area contributed by atoms with Gasteiger partial charge in [-0.15, -0.1) is 0 Å². The molecule has 0 saturated carbocycles. The molecule has 1 N–H and O–H groups in total. The minimum Gasteiger partial charge on any atom is -0.316 e. The van der Waals surface area contributed by atoms with Gasteiger partial charge in [0.05, 0.1) is 10.0 Å². The molecule has 78 valence electrons. The van der Waals surface area contributed by atoms with E-state index in [-0.39, 0.29) is 0 Å². The van der Waals surface area contributed by atoms with Gasteiger partial charge in [-0.25, -0.2) is 0 Å². The van der Waals surface area contributed by atoms with Crippen molar-refractivity contribution in [3.63, 3.8) is 0 Å². The molecular weight excluding hydrogens is 217 g/mol. The van der Waals surface area contributed by atoms with Crippen LogP contribution < -0.4 is 5.32 Å². The first-order valence-electron chi connectivity index (χ1n) is 4.80. The maximum atomic E-state index is 5.94. The molecular formula is C11H15Cl2N. The van der Waals surface area contributed by atoms with Crippen LogP contribution >= 0.6 is 23.2 Å². The zero-order valence-corrected chi connectivity index (χ0v) is 9.99. The van der Waals surface area contributed by atoms with Gasteiger partial charge in [0.2, 0.25) is 0 Å². The lowest BCUT2D eigenvalue weighted by molar-refractivity contribution is 0.635. The molecule has 1 rings (SSSR count). The Labute approximate surface area is 95.4 Å². The van der Waals surface area contributed by atoms with Gasteiger partial charge in [-0.2, -0.15) is 0 Å². The smallest absolute Gasteiger partial charge is 0.0595 e. The van der Waals surface area contributed by atoms with Crippen molar-refractivity contribution in [2.24, 2.45) is 0 Å². The van der Waals surface area contributed by atoms with Crippen LogP contribution in [0.3, 0.4) is 0 Å². The second-order valence-corrected chi connectivity index (χ2v) is 4.20. The van der Waals surface area contributed by atoms with Crippen molar-refractivity contribution in [3.05, 3.63) is 33.8 Å². The fourth-order valence-electron chi connectivity index (χ4n) is 1.30. The van der Waals surface area contributed by atoms with Gasteiger partial charge in [0.15, 0.2) is 0 Å². The van der Waals surface area contributed by atoms with Crippen LogP contribution in [0.1, 0.15) is 25.3 Å². The average Bonchev–Trinajstić information content (AvgIpc) is 2.18. The highest BCUT2D eigenvalue weighted by molar-refractivity contribution is 6.42. The van der Waals surface area contributed by atoms with Crippen molar-refractivity contribution < 1.29 is 0 Å². The Morgan fingerprint density at radius 1 is 1.29 bits per heavy atom. The van der Waals surface area contributed by atoms with Crippen LogP contribution in [0.15, 0.2) is 18.2 Å². The Kier molecular flexibility index (Phi) is 4.73. The third-order valence-corrected chi connectivity index (χ3v) is 2.95. The lowest BCUT2D eigenvalue weighted by atomic mass is 10.0. The van der Waals surface area contributed by atoms with Gasteiger partial charge in [-0.1, -0.05) is 43.1 Å². The van der Waals surface area contributed by atoms with E-state index >= 15 is 0 Å². The topological polar surface area (TPSA) is 12.0 Å². The number of benzene rings is 1. The molecule has 0 bridgehead atoms. The molecule has 0 aromatic heterocycles. The van der Waals surface area contributed by atoms with Crippen LogP contribution in [-0.4, -0.2) is 13.1 Å². The number of hydrogen-bond acceptors (Lipinski definition) is 1. The molecule has 1 atom stereocenters. The van der Waals surface area contributed by atoms with Gasteiger partial charge in [0, 0.05) is 6.54 Å². The van der Waals surface area contributed by atoms with E-state index < -0.39 is 0 Å². The molecule has 0 fully saturated rings. The largest absolute Gasteiger partial charge is 0.316 e. The predicted molar refractivity (Wildman–Crippen MR) is 63.4 cm³/mol. The van der Waals surface area contributed by atoms with Crippen molar-refractivity contribution in [1.29, 1.82) is 0 Å². The molecule has 0 aliphatic heterocycles. The maximum absolute atomic E-state index is 5.94. The highest BCUT2D eigenvalue weighted by Gasteiger charge is 2.06. The van der Waals surface area contributed by atoms with E-state index in [0.717, 1.165) is 13.1 Å². The third-order valence-electron chi connectivity index (χ3n) is 2.21. The minimum absolute atomic E-state index is 0.463. The first-order valence-corrected chi connectivity index (χ1v) is 5.56. The van der Waals surface area contributed by atoms with Crippen molar-refractivity contribution >= 4 is 23.2 Å². The first kappa shape index (κ1) is 11.8. The first-order chi connectivity index (χ1) is 6.65. The highest BCUT2D eigenvalue weighted by Crippen LogP contribution is 2.26. The number of halogens is 2. The van der Waals surface area contributed by atoms with Gasteiger partial charge < -0.3 is 5.32 Å². The molecule has 1 aromatic carbocycles. The maximum Gasteiger partial charge on any atom is 0.0595 e. The molecule has 0 spiro atoms. The summed E-state index contributed by atoms with van der Waals surface area (Å²) in [5.41, 5.74) is 1.22. The van der Waals surface area contributed by atoms with Gasteiger partial charge in [-0.3, -0.25) is 0 Å². The van der Waals surface area contributed by atoms with Gasteiger partial charge in [0.25, 0.3) is 0 Å². The van der Waals surface area contributed by atoms with Crippen LogP contribution in [0, 0.1) is 0 Å². The lowest BCUT2D eigenvalue weighted by Crippen LogP contribution is -2.19. The van der Waals surface area contributed by atoms with Crippen LogP contribution in [0.2, 0.25) is 10.0 Å². The molecule has 1 nitrogen and oxygen atoms in total. The van der Waals surface area contributed by atoms with Crippen LogP contribution in [0.5, 0.6) is 0 Å². The predicted octanol–water partition coefficient (Wildman–Crippen LogP) is 3.71. The van der Waals surface area contributed by atoms with Gasteiger partial charge >= 0.3 is 0 Å². The summed E-state index contributed by atoms with van der Waals surface area (Å²) in [7, 11) is 0. The van der Waals surface area contributed by atoms with E-state index in [1.165, 1.54) is 5.56 Å². The Morgan fingerprint density at radius 3 is 2.57 bits per heavy atom. The number of likely N-dealkylation sites (N-methyl/N-ethyl adjacent to an activating group) is 1. The summed E-state index contributed by atoms with van der Waals surface area (Å²) in [4.78, 5) is 0. The summed E-state index contributed by atoms with van der Waals surface area (Å²) in [6.07, 6.45) is 0. The molecule has 0 aliphatic carbocycles. The molecule has 0 heterocycles. The summed E-state index contributed by atoms with van der Waals surface area (Å²) in [6.45, 7) is 6.23. The lowest BCUT2D eigenvalue weighted by Gasteiger charge is -2.12. The standard InChI is InChI=1S/C11H15Cl2N/c1-3-14-7-8(2)9-4-5-10(12)11(13)6-9/h4-6,8,14H,3,7H2,1-2H3. The Balaban J connectivity index is 2.70. The van der Waals surface area contributed by atoms with Crippen molar-refractivity contribution in [3.8, 4) is 0 Å². The van der Waals surface area contributed by atoms with E-state index in [1.54, 1.807) is 0 Å². The van der Waals surface area contributed by atoms with E-state index in [9.17, 15) is 0 Å². The molecule has 0 aliphatic rings. The highest BCUT2D eigenvalue weighted by atomic mass is 35.5. The fourth-order valence-corrected chi connectivity index (χ4v) is 1.60. The van der Waals surface area contributed by atoms with Crippen LogP contribution in [-0.2, 0) is 0 Å². The fraction of sp³-hybridized carbons (Fsp3) is 0.455. The monoisotopic (exact) mass is 231 g/mol. The molecule has 3 heteroatoms. The van der Waals surface area contributed by atoms with Crippen molar-refractivity contribution in [2.75, 3.05) is 13.1 Å². The van der Waals surface area contributed by atoms with Crippen LogP contribution in [0.4, 0.5) is 0 Å². The third kappa shape index (κ3) is 3.16. The molecule has 14 heavy (non-hydrogen) atoms. The van der Waals surface area contributed by atoms with E-state index in [0.29, 0.717) is 16.0 Å². The van der Waals surface area contributed by atoms with E-state index in [2.05, 4.69) is 19.2 Å². The average molecular weight is 232 g/mol. The zero-order valence-electron chi connectivity index (χ0n) is 8.48. The van der Waals surface area contributed by atoms with Gasteiger partial charge in [0.1, 0.15) is 0 Å². The van der Waals surface area contributed by atoms with Gasteiger partial charge in [-0.05, 0) is 30.2 Å². The summed E-state index contributed by atoms with van der Waals surface area (Å²) < 4.78 is 0.